The standard InChI is InChI=1S/C14H16O/c1-3-14(2,15)13-9-8-11-6-4-5-7-12(11)10-13/h4-10,15H,3H2,1-2H3/t14-/m0/s1. The zero-order valence-corrected chi connectivity index (χ0v) is 9.20. The van der Waals surface area contributed by atoms with Crippen LogP contribution in [-0.4, -0.2) is 5.11 Å². The summed E-state index contributed by atoms with van der Waals surface area (Å²) in [5.41, 5.74) is 0.271. The molecule has 78 valence electrons. The SMILES string of the molecule is CC[C@](C)(O)c1ccc2ccccc2c1. The lowest BCUT2D eigenvalue weighted by Crippen LogP contribution is -2.19. The number of hydrogen-bond acceptors (Lipinski definition) is 1. The average molecular weight is 200 g/mol. The van der Waals surface area contributed by atoms with Gasteiger partial charge in [-0.25, -0.2) is 0 Å². The molecule has 2 aromatic carbocycles. The Balaban J connectivity index is 2.56. The molecule has 0 radical (unpaired) electrons. The number of fused-ring (bicyclic) bond motifs is 1. The van der Waals surface area contributed by atoms with Crippen LogP contribution in [0.2, 0.25) is 0 Å². The van der Waals surface area contributed by atoms with E-state index in [1.54, 1.807) is 0 Å². The summed E-state index contributed by atoms with van der Waals surface area (Å²) in [7, 11) is 0. The van der Waals surface area contributed by atoms with Gasteiger partial charge >= 0.3 is 0 Å². The molecule has 2 rings (SSSR count). The van der Waals surface area contributed by atoms with E-state index in [4.69, 9.17) is 0 Å². The molecule has 0 spiro atoms. The molecule has 1 heteroatoms. The fourth-order valence-electron chi connectivity index (χ4n) is 1.73. The van der Waals surface area contributed by atoms with Gasteiger partial charge < -0.3 is 5.11 Å². The van der Waals surface area contributed by atoms with Gasteiger partial charge in [0.1, 0.15) is 0 Å². The maximum Gasteiger partial charge on any atom is 0.0866 e. The van der Waals surface area contributed by atoms with Crippen LogP contribution in [0.1, 0.15) is 25.8 Å². The molecule has 0 aromatic heterocycles. The molecule has 0 saturated carbocycles. The van der Waals surface area contributed by atoms with Gasteiger partial charge in [-0.3, -0.25) is 0 Å². The first-order chi connectivity index (χ1) is 7.13. The zero-order valence-electron chi connectivity index (χ0n) is 9.20. The molecule has 0 saturated heterocycles. The topological polar surface area (TPSA) is 20.2 Å². The van der Waals surface area contributed by atoms with Crippen molar-refractivity contribution in [3.05, 3.63) is 48.0 Å². The van der Waals surface area contributed by atoms with Gasteiger partial charge in [-0.1, -0.05) is 43.3 Å². The van der Waals surface area contributed by atoms with E-state index >= 15 is 0 Å². The van der Waals surface area contributed by atoms with Crippen molar-refractivity contribution >= 4 is 10.8 Å². The van der Waals surface area contributed by atoms with E-state index in [-0.39, 0.29) is 0 Å². The second kappa shape index (κ2) is 3.67. The normalized spacial score (nSPS) is 15.1. The molecule has 1 N–H and O–H groups in total. The molecule has 0 aliphatic carbocycles. The Morgan fingerprint density at radius 2 is 1.73 bits per heavy atom. The fourth-order valence-corrected chi connectivity index (χ4v) is 1.73. The Kier molecular flexibility index (Phi) is 2.49. The molecule has 0 unspecified atom stereocenters. The van der Waals surface area contributed by atoms with Crippen LogP contribution in [0.15, 0.2) is 42.5 Å². The molecular formula is C14H16O. The van der Waals surface area contributed by atoms with Crippen molar-refractivity contribution in [2.75, 3.05) is 0 Å². The van der Waals surface area contributed by atoms with Crippen molar-refractivity contribution in [1.29, 1.82) is 0 Å². The summed E-state index contributed by atoms with van der Waals surface area (Å²) in [6.45, 7) is 3.85. The van der Waals surface area contributed by atoms with Gasteiger partial charge in [0, 0.05) is 0 Å². The van der Waals surface area contributed by atoms with Gasteiger partial charge in [0.25, 0.3) is 0 Å². The lowest BCUT2D eigenvalue weighted by atomic mass is 9.91. The summed E-state index contributed by atoms with van der Waals surface area (Å²) in [6, 6.07) is 14.3. The highest BCUT2D eigenvalue weighted by molar-refractivity contribution is 5.83. The quantitative estimate of drug-likeness (QED) is 0.787. The second-order valence-electron chi connectivity index (χ2n) is 4.19. The van der Waals surface area contributed by atoms with Crippen LogP contribution in [0.4, 0.5) is 0 Å². The fraction of sp³-hybridized carbons (Fsp3) is 0.286. The average Bonchev–Trinajstić information content (AvgIpc) is 2.28. The molecule has 2 aromatic rings. The molecule has 15 heavy (non-hydrogen) atoms. The van der Waals surface area contributed by atoms with Crippen molar-refractivity contribution in [3.8, 4) is 0 Å². The molecule has 0 bridgehead atoms. The second-order valence-corrected chi connectivity index (χ2v) is 4.19. The first kappa shape index (κ1) is 10.2. The highest BCUT2D eigenvalue weighted by atomic mass is 16.3. The van der Waals surface area contributed by atoms with Crippen LogP contribution in [0.25, 0.3) is 10.8 Å². The van der Waals surface area contributed by atoms with E-state index in [1.807, 2.05) is 32.0 Å². The number of benzene rings is 2. The summed E-state index contributed by atoms with van der Waals surface area (Å²) in [5, 5.41) is 12.6. The van der Waals surface area contributed by atoms with E-state index < -0.39 is 5.60 Å². The molecule has 0 aliphatic rings. The molecule has 0 heterocycles. The lowest BCUT2D eigenvalue weighted by Gasteiger charge is -2.22. The summed E-state index contributed by atoms with van der Waals surface area (Å²) in [5.74, 6) is 0. The zero-order chi connectivity index (χ0) is 10.9. The van der Waals surface area contributed by atoms with Crippen molar-refractivity contribution in [3.63, 3.8) is 0 Å². The van der Waals surface area contributed by atoms with Gasteiger partial charge in [0.05, 0.1) is 5.60 Å². The van der Waals surface area contributed by atoms with Gasteiger partial charge in [-0.15, -0.1) is 0 Å². The van der Waals surface area contributed by atoms with Gasteiger partial charge in [-0.2, -0.15) is 0 Å². The van der Waals surface area contributed by atoms with E-state index in [0.717, 1.165) is 12.0 Å². The highest BCUT2D eigenvalue weighted by Crippen LogP contribution is 2.27. The Labute approximate surface area is 90.4 Å². The van der Waals surface area contributed by atoms with Crippen LogP contribution in [0.3, 0.4) is 0 Å². The van der Waals surface area contributed by atoms with Crippen molar-refractivity contribution < 1.29 is 5.11 Å². The van der Waals surface area contributed by atoms with Crippen LogP contribution in [-0.2, 0) is 5.60 Å². The summed E-state index contributed by atoms with van der Waals surface area (Å²) in [4.78, 5) is 0. The number of hydrogen-bond donors (Lipinski definition) is 1. The monoisotopic (exact) mass is 200 g/mol. The lowest BCUT2D eigenvalue weighted by molar-refractivity contribution is 0.0532. The van der Waals surface area contributed by atoms with Crippen LogP contribution < -0.4 is 0 Å². The van der Waals surface area contributed by atoms with Gasteiger partial charge in [0.15, 0.2) is 0 Å². The maximum absolute atomic E-state index is 10.2. The summed E-state index contributed by atoms with van der Waals surface area (Å²) in [6.07, 6.45) is 0.728. The van der Waals surface area contributed by atoms with Crippen molar-refractivity contribution in [2.24, 2.45) is 0 Å². The molecule has 1 nitrogen and oxygen atoms in total. The first-order valence-electron chi connectivity index (χ1n) is 5.35. The van der Waals surface area contributed by atoms with Crippen molar-refractivity contribution in [2.45, 2.75) is 25.9 Å². The minimum atomic E-state index is -0.718. The Bertz CT molecular complexity index is 471. The van der Waals surface area contributed by atoms with Crippen LogP contribution in [0.5, 0.6) is 0 Å². The summed E-state index contributed by atoms with van der Waals surface area (Å²) >= 11 is 0. The van der Waals surface area contributed by atoms with E-state index in [0.29, 0.717) is 0 Å². The van der Waals surface area contributed by atoms with E-state index in [2.05, 4.69) is 24.3 Å². The predicted molar refractivity (Wildman–Crippen MR) is 63.8 cm³/mol. The van der Waals surface area contributed by atoms with E-state index in [9.17, 15) is 5.11 Å². The van der Waals surface area contributed by atoms with Crippen LogP contribution in [0, 0.1) is 0 Å². The van der Waals surface area contributed by atoms with Crippen molar-refractivity contribution in [1.82, 2.24) is 0 Å². The highest BCUT2D eigenvalue weighted by Gasteiger charge is 2.20. The Morgan fingerprint density at radius 1 is 1.07 bits per heavy atom. The predicted octanol–water partition coefficient (Wildman–Crippen LogP) is 3.46. The van der Waals surface area contributed by atoms with E-state index in [1.165, 1.54) is 10.8 Å². The number of aliphatic hydroxyl groups is 1. The smallest absolute Gasteiger partial charge is 0.0866 e. The number of rotatable bonds is 2. The molecule has 0 aliphatic heterocycles. The minimum Gasteiger partial charge on any atom is -0.385 e. The van der Waals surface area contributed by atoms with Gasteiger partial charge in [-0.05, 0) is 35.7 Å². The minimum absolute atomic E-state index is 0.718. The largest absolute Gasteiger partial charge is 0.385 e. The molecular weight excluding hydrogens is 184 g/mol. The molecule has 0 fully saturated rings. The van der Waals surface area contributed by atoms with Crippen LogP contribution >= 0.6 is 0 Å². The van der Waals surface area contributed by atoms with Gasteiger partial charge in [0.2, 0.25) is 0 Å². The summed E-state index contributed by atoms with van der Waals surface area (Å²) < 4.78 is 0. The first-order valence-corrected chi connectivity index (χ1v) is 5.35. The third kappa shape index (κ3) is 1.88. The molecule has 0 amide bonds. The Morgan fingerprint density at radius 3 is 2.40 bits per heavy atom. The third-order valence-electron chi connectivity index (χ3n) is 3.06. The Hall–Kier alpha value is -1.34. The third-order valence-corrected chi connectivity index (χ3v) is 3.06. The molecule has 1 atom stereocenters. The maximum atomic E-state index is 10.2.